The highest BCUT2D eigenvalue weighted by Gasteiger charge is 2.08. The number of carboxylic acids is 1. The molecule has 0 aliphatic heterocycles. The van der Waals surface area contributed by atoms with E-state index in [-0.39, 0.29) is 5.69 Å². The van der Waals surface area contributed by atoms with E-state index in [9.17, 15) is 9.59 Å². The first kappa shape index (κ1) is 12.8. The molecule has 1 heterocycles. The Morgan fingerprint density at radius 2 is 2.11 bits per heavy atom. The van der Waals surface area contributed by atoms with Crippen LogP contribution in [0.2, 0.25) is 0 Å². The van der Waals surface area contributed by atoms with Gasteiger partial charge in [0.2, 0.25) is 5.91 Å². The second-order valence-electron chi connectivity index (χ2n) is 4.21. The molecule has 6 heteroatoms. The second kappa shape index (κ2) is 4.93. The fraction of sp³-hybridized carbons (Fsp3) is 0.154. The molecule has 0 unspecified atom stereocenters. The summed E-state index contributed by atoms with van der Waals surface area (Å²) in [6, 6.07) is 6.58. The zero-order chi connectivity index (χ0) is 14.0. The fourth-order valence-corrected chi connectivity index (χ4v) is 1.76. The Hall–Kier alpha value is -2.63. The number of aromatic carboxylic acids is 1. The predicted octanol–water partition coefficient (Wildman–Crippen LogP) is 1.04. The number of amides is 1. The number of hydrogen-bond donors (Lipinski definition) is 2. The van der Waals surface area contributed by atoms with E-state index < -0.39 is 11.9 Å². The molecule has 19 heavy (non-hydrogen) atoms. The Bertz CT molecular complexity index is 646. The Morgan fingerprint density at radius 1 is 1.37 bits per heavy atom. The number of hydrogen-bond acceptors (Lipinski definition) is 3. The average Bonchev–Trinajstić information content (AvgIpc) is 2.80. The largest absolute Gasteiger partial charge is 0.476 e. The minimum Gasteiger partial charge on any atom is -0.476 e. The predicted molar refractivity (Wildman–Crippen MR) is 68.0 cm³/mol. The molecule has 2 aromatic rings. The van der Waals surface area contributed by atoms with Gasteiger partial charge < -0.3 is 10.8 Å². The summed E-state index contributed by atoms with van der Waals surface area (Å²) in [7, 11) is 0. The zero-order valence-corrected chi connectivity index (χ0v) is 10.3. The van der Waals surface area contributed by atoms with Gasteiger partial charge in [-0.05, 0) is 36.2 Å². The van der Waals surface area contributed by atoms with Crippen LogP contribution in [0.15, 0.2) is 30.5 Å². The van der Waals surface area contributed by atoms with E-state index in [0.717, 1.165) is 11.1 Å². The molecule has 1 aromatic carbocycles. The van der Waals surface area contributed by atoms with Crippen LogP contribution in [0.4, 0.5) is 0 Å². The van der Waals surface area contributed by atoms with E-state index >= 15 is 0 Å². The number of rotatable bonds is 4. The molecule has 0 spiro atoms. The molecule has 98 valence electrons. The fourth-order valence-electron chi connectivity index (χ4n) is 1.76. The molecule has 0 saturated carbocycles. The van der Waals surface area contributed by atoms with Crippen molar-refractivity contribution in [1.29, 1.82) is 0 Å². The van der Waals surface area contributed by atoms with Crippen molar-refractivity contribution in [1.82, 2.24) is 9.78 Å². The highest BCUT2D eigenvalue weighted by Crippen LogP contribution is 2.12. The minimum absolute atomic E-state index is 0.00593. The van der Waals surface area contributed by atoms with Crippen molar-refractivity contribution in [3.8, 4) is 0 Å². The Kier molecular flexibility index (Phi) is 3.33. The van der Waals surface area contributed by atoms with Crippen molar-refractivity contribution >= 4 is 11.9 Å². The van der Waals surface area contributed by atoms with Gasteiger partial charge >= 0.3 is 5.97 Å². The van der Waals surface area contributed by atoms with Gasteiger partial charge in [-0.1, -0.05) is 6.07 Å². The summed E-state index contributed by atoms with van der Waals surface area (Å²) in [5.41, 5.74) is 7.51. The van der Waals surface area contributed by atoms with Crippen molar-refractivity contribution in [3.05, 3.63) is 52.8 Å². The monoisotopic (exact) mass is 259 g/mol. The maximum Gasteiger partial charge on any atom is 0.356 e. The van der Waals surface area contributed by atoms with Crippen LogP contribution in [-0.2, 0) is 6.54 Å². The Morgan fingerprint density at radius 3 is 2.63 bits per heavy atom. The summed E-state index contributed by atoms with van der Waals surface area (Å²) in [5.74, 6) is -1.53. The van der Waals surface area contributed by atoms with Gasteiger partial charge in [0.1, 0.15) is 0 Å². The van der Waals surface area contributed by atoms with Crippen molar-refractivity contribution in [2.75, 3.05) is 0 Å². The van der Waals surface area contributed by atoms with Crippen LogP contribution in [0, 0.1) is 6.92 Å². The van der Waals surface area contributed by atoms with E-state index in [4.69, 9.17) is 10.8 Å². The van der Waals surface area contributed by atoms with Crippen LogP contribution in [0.5, 0.6) is 0 Å². The smallest absolute Gasteiger partial charge is 0.356 e. The first-order chi connectivity index (χ1) is 8.97. The minimum atomic E-state index is -1.06. The third-order valence-corrected chi connectivity index (χ3v) is 2.82. The number of nitrogens with two attached hydrogens (primary N) is 1. The van der Waals surface area contributed by atoms with Crippen LogP contribution in [0.3, 0.4) is 0 Å². The van der Waals surface area contributed by atoms with Gasteiger partial charge in [-0.25, -0.2) is 4.79 Å². The third-order valence-electron chi connectivity index (χ3n) is 2.82. The number of aromatic nitrogens is 2. The van der Waals surface area contributed by atoms with Gasteiger partial charge in [0, 0.05) is 11.8 Å². The quantitative estimate of drug-likeness (QED) is 0.856. The number of benzene rings is 1. The number of aryl methyl sites for hydroxylation is 1. The standard InChI is InChI=1S/C13H13N3O3/c1-8-6-9(12(14)17)2-3-10(8)7-16-5-4-11(15-16)13(18)19/h2-6H,7H2,1H3,(H2,14,17)(H,18,19). The molecule has 1 aromatic heterocycles. The van der Waals surface area contributed by atoms with E-state index in [1.54, 1.807) is 24.4 Å². The molecule has 2 rings (SSSR count). The van der Waals surface area contributed by atoms with Gasteiger partial charge in [-0.2, -0.15) is 5.10 Å². The van der Waals surface area contributed by atoms with Crippen LogP contribution >= 0.6 is 0 Å². The zero-order valence-electron chi connectivity index (χ0n) is 10.3. The summed E-state index contributed by atoms with van der Waals surface area (Å²) >= 11 is 0. The molecule has 0 aliphatic rings. The first-order valence-electron chi connectivity index (χ1n) is 5.63. The molecular formula is C13H13N3O3. The van der Waals surface area contributed by atoms with Crippen LogP contribution < -0.4 is 5.73 Å². The molecule has 0 fully saturated rings. The Labute approximate surface area is 109 Å². The summed E-state index contributed by atoms with van der Waals surface area (Å²) in [5, 5.41) is 12.7. The van der Waals surface area contributed by atoms with Gasteiger partial charge in [-0.3, -0.25) is 9.48 Å². The topological polar surface area (TPSA) is 98.2 Å². The number of carbonyl (C=O) groups excluding carboxylic acids is 1. The molecule has 3 N–H and O–H groups in total. The molecule has 0 bridgehead atoms. The van der Waals surface area contributed by atoms with Gasteiger partial charge in [0.15, 0.2) is 5.69 Å². The van der Waals surface area contributed by atoms with Crippen molar-refractivity contribution in [3.63, 3.8) is 0 Å². The summed E-state index contributed by atoms with van der Waals surface area (Å²) in [4.78, 5) is 21.8. The lowest BCUT2D eigenvalue weighted by Crippen LogP contribution is -2.12. The molecule has 0 atom stereocenters. The molecule has 0 aliphatic carbocycles. The van der Waals surface area contributed by atoms with E-state index in [2.05, 4.69) is 5.10 Å². The summed E-state index contributed by atoms with van der Waals surface area (Å²) < 4.78 is 1.54. The van der Waals surface area contributed by atoms with Crippen LogP contribution in [0.1, 0.15) is 32.0 Å². The van der Waals surface area contributed by atoms with Crippen molar-refractivity contribution < 1.29 is 14.7 Å². The van der Waals surface area contributed by atoms with Crippen molar-refractivity contribution in [2.24, 2.45) is 5.73 Å². The normalized spacial score (nSPS) is 10.4. The van der Waals surface area contributed by atoms with Gasteiger partial charge in [-0.15, -0.1) is 0 Å². The number of carbonyl (C=O) groups is 2. The van der Waals surface area contributed by atoms with E-state index in [1.165, 1.54) is 10.7 Å². The maximum absolute atomic E-state index is 11.0. The lowest BCUT2D eigenvalue weighted by Gasteiger charge is -2.07. The molecule has 6 nitrogen and oxygen atoms in total. The summed E-state index contributed by atoms with van der Waals surface area (Å²) in [6.45, 7) is 2.31. The molecular weight excluding hydrogens is 246 g/mol. The lowest BCUT2D eigenvalue weighted by molar-refractivity contribution is 0.0689. The van der Waals surface area contributed by atoms with Gasteiger partial charge in [0.05, 0.1) is 6.54 Å². The number of nitrogens with zero attached hydrogens (tertiary/aromatic N) is 2. The highest BCUT2D eigenvalue weighted by atomic mass is 16.4. The van der Waals surface area contributed by atoms with E-state index in [0.29, 0.717) is 12.1 Å². The van der Waals surface area contributed by atoms with Crippen LogP contribution in [-0.4, -0.2) is 26.8 Å². The lowest BCUT2D eigenvalue weighted by atomic mass is 10.0. The molecule has 0 saturated heterocycles. The highest BCUT2D eigenvalue weighted by molar-refractivity contribution is 5.93. The first-order valence-corrected chi connectivity index (χ1v) is 5.63. The summed E-state index contributed by atoms with van der Waals surface area (Å²) in [6.07, 6.45) is 1.60. The molecule has 1 amide bonds. The Balaban J connectivity index is 2.23. The SMILES string of the molecule is Cc1cc(C(N)=O)ccc1Cn1ccc(C(=O)O)n1. The van der Waals surface area contributed by atoms with Gasteiger partial charge in [0.25, 0.3) is 0 Å². The van der Waals surface area contributed by atoms with Crippen molar-refractivity contribution in [2.45, 2.75) is 13.5 Å². The average molecular weight is 259 g/mol. The number of carboxylic acid groups (broad SMARTS) is 1. The third kappa shape index (κ3) is 2.79. The molecule has 0 radical (unpaired) electrons. The maximum atomic E-state index is 11.0. The number of primary amides is 1. The van der Waals surface area contributed by atoms with E-state index in [1.807, 2.05) is 6.92 Å². The second-order valence-corrected chi connectivity index (χ2v) is 4.21. The van der Waals surface area contributed by atoms with Crippen LogP contribution in [0.25, 0.3) is 0 Å².